The Kier molecular flexibility index (Phi) is 5.36. The fraction of sp³-hybridized carbons (Fsp3) is 0.118. The van der Waals surface area contributed by atoms with Gasteiger partial charge in [-0.15, -0.1) is 0 Å². The molecule has 2 rings (SSSR count). The Morgan fingerprint density at radius 1 is 1.04 bits per heavy atom. The second-order valence-corrected chi connectivity index (χ2v) is 4.89. The van der Waals surface area contributed by atoms with Gasteiger partial charge >= 0.3 is 5.97 Å². The lowest BCUT2D eigenvalue weighted by atomic mass is 10.1. The smallest absolute Gasteiger partial charge is 0.338 e. The highest BCUT2D eigenvalue weighted by Gasteiger charge is 2.13. The van der Waals surface area contributed by atoms with E-state index in [0.717, 1.165) is 18.2 Å². The van der Waals surface area contributed by atoms with Crippen molar-refractivity contribution in [1.82, 2.24) is 0 Å². The first-order chi connectivity index (χ1) is 11.4. The topological polar surface area (TPSA) is 72.5 Å². The third-order valence-corrected chi connectivity index (χ3v) is 3.04. The van der Waals surface area contributed by atoms with Crippen LogP contribution in [-0.2, 0) is 9.53 Å². The first kappa shape index (κ1) is 17.3. The summed E-state index contributed by atoms with van der Waals surface area (Å²) in [6, 6.07) is 8.41. The molecule has 0 spiro atoms. The summed E-state index contributed by atoms with van der Waals surface area (Å²) in [6.45, 7) is 0.671. The molecule has 0 bridgehead atoms. The molecule has 7 heteroatoms. The summed E-state index contributed by atoms with van der Waals surface area (Å²) in [5.74, 6) is -3.39. The molecule has 0 unspecified atom stereocenters. The zero-order valence-electron chi connectivity index (χ0n) is 12.6. The fourth-order valence-electron chi connectivity index (χ4n) is 1.86. The van der Waals surface area contributed by atoms with Crippen LogP contribution < -0.4 is 5.32 Å². The SMILES string of the molecule is CC(=O)c1cccc(C(=O)OCC(=O)Nc2cc(F)ccc2F)c1. The molecule has 0 aliphatic heterocycles. The van der Waals surface area contributed by atoms with Gasteiger partial charge in [-0.1, -0.05) is 12.1 Å². The monoisotopic (exact) mass is 333 g/mol. The van der Waals surface area contributed by atoms with Crippen molar-refractivity contribution in [3.63, 3.8) is 0 Å². The maximum atomic E-state index is 13.4. The van der Waals surface area contributed by atoms with Gasteiger partial charge in [-0.2, -0.15) is 0 Å². The number of hydrogen-bond donors (Lipinski definition) is 1. The molecule has 1 amide bonds. The van der Waals surface area contributed by atoms with Crippen LogP contribution in [0.2, 0.25) is 0 Å². The molecular formula is C17H13F2NO4. The Hall–Kier alpha value is -3.09. The highest BCUT2D eigenvalue weighted by molar-refractivity contribution is 5.99. The number of rotatable bonds is 5. The molecule has 2 aromatic carbocycles. The molecule has 0 saturated carbocycles. The molecule has 124 valence electrons. The number of ketones is 1. The molecule has 24 heavy (non-hydrogen) atoms. The maximum Gasteiger partial charge on any atom is 0.338 e. The van der Waals surface area contributed by atoms with Crippen molar-refractivity contribution < 1.29 is 27.9 Å². The zero-order valence-corrected chi connectivity index (χ0v) is 12.6. The van der Waals surface area contributed by atoms with E-state index >= 15 is 0 Å². The minimum Gasteiger partial charge on any atom is -0.452 e. The number of benzene rings is 2. The summed E-state index contributed by atoms with van der Waals surface area (Å²) in [6.07, 6.45) is 0. The second-order valence-electron chi connectivity index (χ2n) is 4.89. The largest absolute Gasteiger partial charge is 0.452 e. The molecule has 1 N–H and O–H groups in total. The van der Waals surface area contributed by atoms with Gasteiger partial charge in [0.2, 0.25) is 0 Å². The Bertz CT molecular complexity index is 805. The van der Waals surface area contributed by atoms with Gasteiger partial charge in [0, 0.05) is 11.6 Å². The van der Waals surface area contributed by atoms with E-state index < -0.39 is 30.1 Å². The van der Waals surface area contributed by atoms with Crippen LogP contribution in [0.5, 0.6) is 0 Å². The molecule has 5 nitrogen and oxygen atoms in total. The van der Waals surface area contributed by atoms with Crippen molar-refractivity contribution in [2.75, 3.05) is 11.9 Å². The zero-order chi connectivity index (χ0) is 17.7. The fourth-order valence-corrected chi connectivity index (χ4v) is 1.86. The van der Waals surface area contributed by atoms with Gasteiger partial charge in [-0.05, 0) is 31.2 Å². The highest BCUT2D eigenvalue weighted by atomic mass is 19.1. The molecule has 0 aliphatic rings. The van der Waals surface area contributed by atoms with Crippen molar-refractivity contribution >= 4 is 23.3 Å². The summed E-state index contributed by atoms with van der Waals surface area (Å²) < 4.78 is 31.2. The van der Waals surface area contributed by atoms with E-state index in [1.54, 1.807) is 6.07 Å². The summed E-state index contributed by atoms with van der Waals surface area (Å²) in [7, 11) is 0. The van der Waals surface area contributed by atoms with E-state index in [1.165, 1.54) is 25.1 Å². The third-order valence-electron chi connectivity index (χ3n) is 3.04. The van der Waals surface area contributed by atoms with Crippen molar-refractivity contribution in [3.05, 3.63) is 65.2 Å². The van der Waals surface area contributed by atoms with Crippen LogP contribution in [0.3, 0.4) is 0 Å². The Labute approximate surface area is 136 Å². The van der Waals surface area contributed by atoms with Crippen LogP contribution in [0.1, 0.15) is 27.6 Å². The lowest BCUT2D eigenvalue weighted by Crippen LogP contribution is -2.21. The Morgan fingerprint density at radius 2 is 1.75 bits per heavy atom. The van der Waals surface area contributed by atoms with E-state index in [0.29, 0.717) is 5.56 Å². The first-order valence-electron chi connectivity index (χ1n) is 6.90. The number of Topliss-reactive ketones (excluding diaryl/α,β-unsaturated/α-hetero) is 1. The molecule has 0 radical (unpaired) electrons. The summed E-state index contributed by atoms with van der Waals surface area (Å²) in [5.41, 5.74) is 0.0813. The molecule has 0 aromatic heterocycles. The number of esters is 1. The van der Waals surface area contributed by atoms with Crippen LogP contribution in [0.25, 0.3) is 0 Å². The lowest BCUT2D eigenvalue weighted by Gasteiger charge is -2.08. The van der Waals surface area contributed by atoms with Gasteiger partial charge in [-0.3, -0.25) is 9.59 Å². The van der Waals surface area contributed by atoms with Gasteiger partial charge in [0.1, 0.15) is 11.6 Å². The average molecular weight is 333 g/mol. The first-order valence-corrected chi connectivity index (χ1v) is 6.90. The lowest BCUT2D eigenvalue weighted by molar-refractivity contribution is -0.119. The van der Waals surface area contributed by atoms with E-state index in [4.69, 9.17) is 4.74 Å². The highest BCUT2D eigenvalue weighted by Crippen LogP contribution is 2.15. The van der Waals surface area contributed by atoms with Crippen LogP contribution in [0, 0.1) is 11.6 Å². The quantitative estimate of drug-likeness (QED) is 0.674. The summed E-state index contributed by atoms with van der Waals surface area (Å²) >= 11 is 0. The summed E-state index contributed by atoms with van der Waals surface area (Å²) in [5, 5.41) is 2.10. The van der Waals surface area contributed by atoms with E-state index in [2.05, 4.69) is 5.32 Å². The van der Waals surface area contributed by atoms with Crippen LogP contribution in [-0.4, -0.2) is 24.3 Å². The molecule has 2 aromatic rings. The number of nitrogens with one attached hydrogen (secondary N) is 1. The van der Waals surface area contributed by atoms with Crippen LogP contribution >= 0.6 is 0 Å². The number of hydrogen-bond acceptors (Lipinski definition) is 4. The molecule has 0 aliphatic carbocycles. The number of amides is 1. The van der Waals surface area contributed by atoms with Gasteiger partial charge in [0.25, 0.3) is 5.91 Å². The Balaban J connectivity index is 1.96. The van der Waals surface area contributed by atoms with E-state index in [9.17, 15) is 23.2 Å². The molecule has 0 fully saturated rings. The summed E-state index contributed by atoms with van der Waals surface area (Å²) in [4.78, 5) is 34.8. The van der Waals surface area contributed by atoms with Crippen LogP contribution in [0.15, 0.2) is 42.5 Å². The normalized spacial score (nSPS) is 10.1. The predicted molar refractivity (Wildman–Crippen MR) is 81.7 cm³/mol. The second kappa shape index (κ2) is 7.45. The van der Waals surface area contributed by atoms with E-state index in [-0.39, 0.29) is 17.0 Å². The van der Waals surface area contributed by atoms with Crippen molar-refractivity contribution in [3.8, 4) is 0 Å². The standard InChI is InChI=1S/C17H13F2NO4/c1-10(21)11-3-2-4-12(7-11)17(23)24-9-16(22)20-15-8-13(18)5-6-14(15)19/h2-8H,9H2,1H3,(H,20,22). The number of ether oxygens (including phenoxy) is 1. The van der Waals surface area contributed by atoms with Crippen LogP contribution in [0.4, 0.5) is 14.5 Å². The molecule has 0 heterocycles. The van der Waals surface area contributed by atoms with Crippen molar-refractivity contribution in [2.45, 2.75) is 6.92 Å². The Morgan fingerprint density at radius 3 is 2.46 bits per heavy atom. The number of carbonyl (C=O) groups excluding carboxylic acids is 3. The number of anilines is 1. The molecule has 0 atom stereocenters. The minimum absolute atomic E-state index is 0.104. The molecular weight excluding hydrogens is 320 g/mol. The van der Waals surface area contributed by atoms with Gasteiger partial charge in [0.05, 0.1) is 11.3 Å². The average Bonchev–Trinajstić information content (AvgIpc) is 2.56. The number of halogens is 2. The van der Waals surface area contributed by atoms with Gasteiger partial charge < -0.3 is 10.1 Å². The maximum absolute atomic E-state index is 13.4. The third kappa shape index (κ3) is 4.45. The van der Waals surface area contributed by atoms with E-state index in [1.807, 2.05) is 0 Å². The molecule has 0 saturated heterocycles. The van der Waals surface area contributed by atoms with Crippen molar-refractivity contribution in [2.24, 2.45) is 0 Å². The van der Waals surface area contributed by atoms with Crippen molar-refractivity contribution in [1.29, 1.82) is 0 Å². The van der Waals surface area contributed by atoms with Gasteiger partial charge in [0.15, 0.2) is 12.4 Å². The van der Waals surface area contributed by atoms with Gasteiger partial charge in [-0.25, -0.2) is 13.6 Å². The predicted octanol–water partition coefficient (Wildman–Crippen LogP) is 2.96. The minimum atomic E-state index is -0.824. The number of carbonyl (C=O) groups is 3.